The lowest BCUT2D eigenvalue weighted by Crippen LogP contribution is -2.37. The van der Waals surface area contributed by atoms with E-state index in [1.165, 1.54) is 11.3 Å². The van der Waals surface area contributed by atoms with Crippen LogP contribution in [0, 0.1) is 18.8 Å². The molecule has 0 amide bonds. The van der Waals surface area contributed by atoms with E-state index in [4.69, 9.17) is 0 Å². The Morgan fingerprint density at radius 1 is 1.33 bits per heavy atom. The second-order valence-corrected chi connectivity index (χ2v) is 5.75. The third-order valence-electron chi connectivity index (χ3n) is 3.61. The van der Waals surface area contributed by atoms with Crippen LogP contribution in [0.3, 0.4) is 0 Å². The predicted molar refractivity (Wildman–Crippen MR) is 64.9 cm³/mol. The van der Waals surface area contributed by atoms with E-state index < -0.39 is 18.0 Å². The molecule has 1 saturated carbocycles. The molecule has 0 bridgehead atoms. The van der Waals surface area contributed by atoms with Gasteiger partial charge in [-0.2, -0.15) is 13.2 Å². The van der Waals surface area contributed by atoms with Crippen molar-refractivity contribution in [3.8, 4) is 0 Å². The minimum atomic E-state index is -4.26. The highest BCUT2D eigenvalue weighted by Gasteiger charge is 2.48. The quantitative estimate of drug-likeness (QED) is 0.721. The summed E-state index contributed by atoms with van der Waals surface area (Å²) in [5.74, 6) is -2.65. The van der Waals surface area contributed by atoms with E-state index in [-0.39, 0.29) is 12.2 Å². The number of aryl methyl sites for hydroxylation is 1. The monoisotopic (exact) mass is 276 g/mol. The molecule has 1 aliphatic rings. The van der Waals surface area contributed by atoms with Crippen molar-refractivity contribution in [2.45, 2.75) is 38.8 Å². The highest BCUT2D eigenvalue weighted by molar-refractivity contribution is 7.12. The maximum Gasteiger partial charge on any atom is 0.392 e. The first-order chi connectivity index (χ1) is 8.41. The minimum Gasteiger partial charge on any atom is -0.293 e. The Hall–Kier alpha value is -0.840. The molecule has 0 aromatic carbocycles. The number of rotatable bonds is 2. The normalized spacial score (nSPS) is 25.1. The predicted octanol–water partition coefficient (Wildman–Crippen LogP) is 4.61. The molecule has 0 radical (unpaired) electrons. The Labute approximate surface area is 108 Å². The van der Waals surface area contributed by atoms with Crippen molar-refractivity contribution in [2.75, 3.05) is 0 Å². The second kappa shape index (κ2) is 5.03. The molecular formula is C13H15F3OS. The molecule has 1 fully saturated rings. The van der Waals surface area contributed by atoms with Gasteiger partial charge in [-0.1, -0.05) is 12.8 Å². The Morgan fingerprint density at radius 2 is 2.00 bits per heavy atom. The summed E-state index contributed by atoms with van der Waals surface area (Å²) in [6, 6.07) is 1.78. The molecule has 0 spiro atoms. The average Bonchev–Trinajstić information content (AvgIpc) is 2.73. The van der Waals surface area contributed by atoms with Gasteiger partial charge in [-0.05, 0) is 36.8 Å². The number of hydrogen-bond donors (Lipinski definition) is 0. The summed E-state index contributed by atoms with van der Waals surface area (Å²) in [6.07, 6.45) is -2.53. The van der Waals surface area contributed by atoms with Crippen LogP contribution in [0.15, 0.2) is 11.4 Å². The third kappa shape index (κ3) is 2.60. The molecule has 0 saturated heterocycles. The lowest BCUT2D eigenvalue weighted by Gasteiger charge is -2.31. The lowest BCUT2D eigenvalue weighted by atomic mass is 9.76. The molecule has 5 heteroatoms. The van der Waals surface area contributed by atoms with Gasteiger partial charge in [0.15, 0.2) is 5.78 Å². The topological polar surface area (TPSA) is 17.1 Å². The van der Waals surface area contributed by atoms with Crippen LogP contribution < -0.4 is 0 Å². The van der Waals surface area contributed by atoms with Gasteiger partial charge in [-0.15, -0.1) is 11.3 Å². The highest BCUT2D eigenvalue weighted by atomic mass is 32.1. The summed E-state index contributed by atoms with van der Waals surface area (Å²) in [4.78, 5) is 12.7. The molecule has 18 heavy (non-hydrogen) atoms. The van der Waals surface area contributed by atoms with Crippen LogP contribution >= 0.6 is 11.3 Å². The number of carbonyl (C=O) groups is 1. The van der Waals surface area contributed by atoms with E-state index in [0.29, 0.717) is 24.1 Å². The summed E-state index contributed by atoms with van der Waals surface area (Å²) in [7, 11) is 0. The fourth-order valence-electron chi connectivity index (χ4n) is 2.63. The highest BCUT2D eigenvalue weighted by Crippen LogP contribution is 2.43. The van der Waals surface area contributed by atoms with Crippen LogP contribution in [0.25, 0.3) is 0 Å². The SMILES string of the molecule is Cc1ccsc1C(=O)C1CCCCC1C(F)(F)F. The van der Waals surface area contributed by atoms with Crippen molar-refractivity contribution in [3.05, 3.63) is 21.9 Å². The van der Waals surface area contributed by atoms with Gasteiger partial charge in [-0.25, -0.2) is 0 Å². The van der Waals surface area contributed by atoms with Gasteiger partial charge in [0.05, 0.1) is 10.8 Å². The van der Waals surface area contributed by atoms with Gasteiger partial charge in [0.1, 0.15) is 0 Å². The van der Waals surface area contributed by atoms with E-state index in [0.717, 1.165) is 5.56 Å². The molecular weight excluding hydrogens is 261 g/mol. The zero-order valence-corrected chi connectivity index (χ0v) is 10.9. The van der Waals surface area contributed by atoms with Gasteiger partial charge in [-0.3, -0.25) is 4.79 Å². The summed E-state index contributed by atoms with van der Waals surface area (Å²) < 4.78 is 38.8. The molecule has 1 nitrogen and oxygen atoms in total. The number of alkyl halides is 3. The van der Waals surface area contributed by atoms with Gasteiger partial charge in [0.25, 0.3) is 0 Å². The van der Waals surface area contributed by atoms with Crippen LogP contribution in [0.1, 0.15) is 40.9 Å². The van der Waals surface area contributed by atoms with Crippen molar-refractivity contribution in [1.82, 2.24) is 0 Å². The van der Waals surface area contributed by atoms with E-state index in [1.807, 2.05) is 0 Å². The van der Waals surface area contributed by atoms with Crippen molar-refractivity contribution in [1.29, 1.82) is 0 Å². The fourth-order valence-corrected chi connectivity index (χ4v) is 3.56. The smallest absolute Gasteiger partial charge is 0.293 e. The first-order valence-corrected chi connectivity index (χ1v) is 6.94. The van der Waals surface area contributed by atoms with Crippen LogP contribution in [0.2, 0.25) is 0 Å². The summed E-state index contributed by atoms with van der Waals surface area (Å²) in [6.45, 7) is 1.77. The van der Waals surface area contributed by atoms with E-state index >= 15 is 0 Å². The van der Waals surface area contributed by atoms with Gasteiger partial charge in [0.2, 0.25) is 0 Å². The van der Waals surface area contributed by atoms with Crippen LogP contribution in [-0.2, 0) is 0 Å². The Kier molecular flexibility index (Phi) is 3.80. The molecule has 2 rings (SSSR count). The Morgan fingerprint density at radius 3 is 2.56 bits per heavy atom. The number of thiophene rings is 1. The molecule has 2 unspecified atom stereocenters. The lowest BCUT2D eigenvalue weighted by molar-refractivity contribution is -0.190. The van der Waals surface area contributed by atoms with Gasteiger partial charge in [0, 0.05) is 5.92 Å². The zero-order valence-electron chi connectivity index (χ0n) is 10.1. The molecule has 0 aliphatic heterocycles. The summed E-state index contributed by atoms with van der Waals surface area (Å²) in [5.41, 5.74) is 0.788. The molecule has 2 atom stereocenters. The summed E-state index contributed by atoms with van der Waals surface area (Å²) >= 11 is 1.25. The third-order valence-corrected chi connectivity index (χ3v) is 4.64. The number of ketones is 1. The van der Waals surface area contributed by atoms with Crippen LogP contribution in [-0.4, -0.2) is 12.0 Å². The maximum atomic E-state index is 12.9. The average molecular weight is 276 g/mol. The number of hydrogen-bond acceptors (Lipinski definition) is 2. The number of Topliss-reactive ketones (excluding diaryl/α,β-unsaturated/α-hetero) is 1. The van der Waals surface area contributed by atoms with E-state index in [9.17, 15) is 18.0 Å². The van der Waals surface area contributed by atoms with Gasteiger partial charge >= 0.3 is 6.18 Å². The molecule has 0 N–H and O–H groups in total. The maximum absolute atomic E-state index is 12.9. The first-order valence-electron chi connectivity index (χ1n) is 6.06. The first kappa shape index (κ1) is 13.6. The van der Waals surface area contributed by atoms with E-state index in [1.54, 1.807) is 18.4 Å². The standard InChI is InChI=1S/C13H15F3OS/c1-8-6-7-18-12(8)11(17)9-4-2-3-5-10(9)13(14,15)16/h6-7,9-10H,2-5H2,1H3. The van der Waals surface area contributed by atoms with Crippen molar-refractivity contribution < 1.29 is 18.0 Å². The van der Waals surface area contributed by atoms with Gasteiger partial charge < -0.3 is 0 Å². The molecule has 1 heterocycles. The Bertz CT molecular complexity index is 436. The zero-order chi connectivity index (χ0) is 13.3. The second-order valence-electron chi connectivity index (χ2n) is 4.84. The molecule has 100 valence electrons. The minimum absolute atomic E-state index is 0.0876. The number of halogens is 3. The molecule has 1 aromatic heterocycles. The fraction of sp³-hybridized carbons (Fsp3) is 0.615. The van der Waals surface area contributed by atoms with Crippen molar-refractivity contribution >= 4 is 17.1 Å². The van der Waals surface area contributed by atoms with E-state index in [2.05, 4.69) is 0 Å². The van der Waals surface area contributed by atoms with Crippen molar-refractivity contribution in [3.63, 3.8) is 0 Å². The van der Waals surface area contributed by atoms with Crippen LogP contribution in [0.5, 0.6) is 0 Å². The largest absolute Gasteiger partial charge is 0.392 e. The molecule has 1 aliphatic carbocycles. The molecule has 1 aromatic rings. The van der Waals surface area contributed by atoms with Crippen molar-refractivity contribution in [2.24, 2.45) is 11.8 Å². The summed E-state index contributed by atoms with van der Waals surface area (Å²) in [5, 5.41) is 1.76. The Balaban J connectivity index is 2.25. The van der Waals surface area contributed by atoms with Crippen LogP contribution in [0.4, 0.5) is 13.2 Å². The number of carbonyl (C=O) groups excluding carboxylic acids is 1.